The van der Waals surface area contributed by atoms with Crippen LogP contribution in [0.1, 0.15) is 21.5 Å². The first-order valence-electron chi connectivity index (χ1n) is 13.0. The van der Waals surface area contributed by atoms with Gasteiger partial charge in [-0.2, -0.15) is 4.31 Å². The molecule has 5 rings (SSSR count). The Balaban J connectivity index is 1.18. The Hall–Kier alpha value is -3.69. The molecule has 40 heavy (non-hydrogen) atoms. The molecule has 0 aromatic heterocycles. The van der Waals surface area contributed by atoms with Crippen LogP contribution >= 0.6 is 11.6 Å². The highest BCUT2D eigenvalue weighted by Gasteiger charge is 2.28. The number of piperazine rings is 1. The number of carbonyl (C=O) groups is 1. The van der Waals surface area contributed by atoms with Crippen molar-refractivity contribution in [1.29, 1.82) is 0 Å². The van der Waals surface area contributed by atoms with Crippen LogP contribution in [0.3, 0.4) is 0 Å². The molecule has 1 N–H and O–H groups in total. The largest absolute Gasteiger partial charge is 0.455 e. The van der Waals surface area contributed by atoms with E-state index in [9.17, 15) is 13.2 Å². The summed E-state index contributed by atoms with van der Waals surface area (Å²) in [5.41, 5.74) is 3.05. The van der Waals surface area contributed by atoms with E-state index in [0.29, 0.717) is 65.4 Å². The van der Waals surface area contributed by atoms with Crippen LogP contribution in [0.4, 0.5) is 5.69 Å². The molecule has 0 aliphatic carbocycles. The summed E-state index contributed by atoms with van der Waals surface area (Å²) in [6, 6.07) is 28.8. The minimum absolute atomic E-state index is 0.276. The van der Waals surface area contributed by atoms with Gasteiger partial charge in [-0.05, 0) is 67.1 Å². The lowest BCUT2D eigenvalue weighted by atomic mass is 10.1. The maximum absolute atomic E-state index is 13.0. The van der Waals surface area contributed by atoms with Crippen LogP contribution in [0.25, 0.3) is 0 Å². The number of nitrogens with zero attached hydrogens (tertiary/aromatic N) is 2. The summed E-state index contributed by atoms with van der Waals surface area (Å²) in [5.74, 6) is 0.865. The zero-order valence-electron chi connectivity index (χ0n) is 22.1. The summed E-state index contributed by atoms with van der Waals surface area (Å²) in [4.78, 5) is 15.6. The molecule has 4 aromatic rings. The number of aryl methyl sites for hydroxylation is 1. The first kappa shape index (κ1) is 27.9. The Morgan fingerprint density at radius 2 is 1.55 bits per heavy atom. The van der Waals surface area contributed by atoms with Gasteiger partial charge in [-0.1, -0.05) is 59.6 Å². The third kappa shape index (κ3) is 6.71. The van der Waals surface area contributed by atoms with Crippen molar-refractivity contribution in [2.45, 2.75) is 18.4 Å². The van der Waals surface area contributed by atoms with Gasteiger partial charge >= 0.3 is 0 Å². The monoisotopic (exact) mass is 575 g/mol. The van der Waals surface area contributed by atoms with E-state index in [0.717, 1.165) is 11.1 Å². The van der Waals surface area contributed by atoms with Gasteiger partial charge in [0.2, 0.25) is 10.0 Å². The number of sulfonamides is 1. The van der Waals surface area contributed by atoms with Crippen molar-refractivity contribution < 1.29 is 17.9 Å². The molecule has 0 spiro atoms. The second-order valence-electron chi connectivity index (χ2n) is 9.70. The van der Waals surface area contributed by atoms with Crippen LogP contribution < -0.4 is 10.1 Å². The van der Waals surface area contributed by atoms with Gasteiger partial charge in [0.25, 0.3) is 5.91 Å². The van der Waals surface area contributed by atoms with Crippen LogP contribution in [0.2, 0.25) is 5.02 Å². The zero-order valence-corrected chi connectivity index (χ0v) is 23.7. The normalized spacial score (nSPS) is 14.6. The van der Waals surface area contributed by atoms with Crippen LogP contribution in [0, 0.1) is 6.92 Å². The molecule has 1 aliphatic heterocycles. The number of anilines is 1. The Bertz CT molecular complexity index is 1570. The van der Waals surface area contributed by atoms with Crippen molar-refractivity contribution in [3.05, 3.63) is 119 Å². The third-order valence-electron chi connectivity index (χ3n) is 6.77. The molecule has 1 heterocycles. The Labute approximate surface area is 240 Å². The fourth-order valence-electron chi connectivity index (χ4n) is 4.51. The summed E-state index contributed by atoms with van der Waals surface area (Å²) in [7, 11) is -3.49. The van der Waals surface area contributed by atoms with E-state index in [1.54, 1.807) is 46.8 Å². The number of hydrogen-bond acceptors (Lipinski definition) is 5. The van der Waals surface area contributed by atoms with Gasteiger partial charge in [-0.3, -0.25) is 9.69 Å². The first-order chi connectivity index (χ1) is 19.3. The molecule has 1 fully saturated rings. The number of rotatable bonds is 8. The van der Waals surface area contributed by atoms with Gasteiger partial charge in [0, 0.05) is 43.3 Å². The van der Waals surface area contributed by atoms with Crippen molar-refractivity contribution in [3.8, 4) is 11.5 Å². The second kappa shape index (κ2) is 12.2. The lowest BCUT2D eigenvalue weighted by molar-refractivity contribution is 0.102. The summed E-state index contributed by atoms with van der Waals surface area (Å²) < 4.78 is 33.5. The van der Waals surface area contributed by atoms with Crippen molar-refractivity contribution in [1.82, 2.24) is 9.21 Å². The van der Waals surface area contributed by atoms with E-state index < -0.39 is 10.0 Å². The van der Waals surface area contributed by atoms with E-state index in [-0.39, 0.29) is 5.91 Å². The van der Waals surface area contributed by atoms with E-state index >= 15 is 0 Å². The maximum atomic E-state index is 13.0. The summed E-state index contributed by atoms with van der Waals surface area (Å²) in [6.45, 7) is 4.74. The standard InChI is InChI=1S/C31H30ClN3O4S/c1-23-7-14-28(15-8-23)40(37,38)35-19-17-34(18-20-35)22-24-9-11-25(12-10-24)31(36)33-29-21-26(32)13-16-30(29)39-27-5-3-2-4-6-27/h2-16,21H,17-20,22H2,1H3,(H,33,36). The topological polar surface area (TPSA) is 79.0 Å². The predicted octanol–water partition coefficient (Wildman–Crippen LogP) is 6.20. The molecule has 0 radical (unpaired) electrons. The van der Waals surface area contributed by atoms with E-state index in [4.69, 9.17) is 16.3 Å². The quantitative estimate of drug-likeness (QED) is 0.271. The Kier molecular flexibility index (Phi) is 8.52. The molecule has 1 amide bonds. The minimum atomic E-state index is -3.49. The van der Waals surface area contributed by atoms with Crippen molar-refractivity contribution >= 4 is 33.2 Å². The number of nitrogens with one attached hydrogen (secondary N) is 1. The van der Waals surface area contributed by atoms with Gasteiger partial charge in [-0.25, -0.2) is 8.42 Å². The Morgan fingerprint density at radius 3 is 2.23 bits per heavy atom. The van der Waals surface area contributed by atoms with Crippen molar-refractivity contribution in [2.24, 2.45) is 0 Å². The first-order valence-corrected chi connectivity index (χ1v) is 14.8. The molecule has 0 atom stereocenters. The number of hydrogen-bond donors (Lipinski definition) is 1. The molecule has 0 bridgehead atoms. The molecule has 1 saturated heterocycles. The molecular weight excluding hydrogens is 546 g/mol. The lowest BCUT2D eigenvalue weighted by Crippen LogP contribution is -2.48. The number of ether oxygens (including phenoxy) is 1. The second-order valence-corrected chi connectivity index (χ2v) is 12.1. The summed E-state index contributed by atoms with van der Waals surface area (Å²) >= 11 is 6.19. The molecule has 9 heteroatoms. The molecule has 7 nitrogen and oxygen atoms in total. The average molecular weight is 576 g/mol. The highest BCUT2D eigenvalue weighted by atomic mass is 35.5. The number of benzene rings is 4. The Morgan fingerprint density at radius 1 is 0.875 bits per heavy atom. The van der Waals surface area contributed by atoms with E-state index in [1.807, 2.05) is 61.5 Å². The highest BCUT2D eigenvalue weighted by molar-refractivity contribution is 7.89. The zero-order chi connectivity index (χ0) is 28.1. The number of halogens is 1. The van der Waals surface area contributed by atoms with Crippen LogP contribution in [-0.2, 0) is 16.6 Å². The number of para-hydroxylation sites is 1. The molecule has 1 aliphatic rings. The van der Waals surface area contributed by atoms with Crippen LogP contribution in [0.5, 0.6) is 11.5 Å². The smallest absolute Gasteiger partial charge is 0.255 e. The molecule has 4 aromatic carbocycles. The number of amides is 1. The maximum Gasteiger partial charge on any atom is 0.255 e. The fraction of sp³-hybridized carbons (Fsp3) is 0.194. The van der Waals surface area contributed by atoms with Gasteiger partial charge in [0.15, 0.2) is 5.75 Å². The molecular formula is C31H30ClN3O4S. The fourth-order valence-corrected chi connectivity index (χ4v) is 6.10. The van der Waals surface area contributed by atoms with Gasteiger partial charge < -0.3 is 10.1 Å². The van der Waals surface area contributed by atoms with E-state index in [2.05, 4.69) is 10.2 Å². The number of carbonyl (C=O) groups excluding carboxylic acids is 1. The average Bonchev–Trinajstić information content (AvgIpc) is 2.96. The molecule has 0 saturated carbocycles. The molecule has 206 valence electrons. The SMILES string of the molecule is Cc1ccc(S(=O)(=O)N2CCN(Cc3ccc(C(=O)Nc4cc(Cl)ccc4Oc4ccccc4)cc3)CC2)cc1. The minimum Gasteiger partial charge on any atom is -0.455 e. The van der Waals surface area contributed by atoms with Gasteiger partial charge in [0.05, 0.1) is 10.6 Å². The predicted molar refractivity (Wildman–Crippen MR) is 158 cm³/mol. The van der Waals surface area contributed by atoms with Crippen molar-refractivity contribution in [2.75, 3.05) is 31.5 Å². The summed E-state index contributed by atoms with van der Waals surface area (Å²) in [5, 5.41) is 3.39. The van der Waals surface area contributed by atoms with E-state index in [1.165, 1.54) is 0 Å². The van der Waals surface area contributed by atoms with Crippen molar-refractivity contribution in [3.63, 3.8) is 0 Å². The van der Waals surface area contributed by atoms with Gasteiger partial charge in [0.1, 0.15) is 5.75 Å². The van der Waals surface area contributed by atoms with Crippen LogP contribution in [-0.4, -0.2) is 49.7 Å². The van der Waals surface area contributed by atoms with Gasteiger partial charge in [-0.15, -0.1) is 0 Å². The molecule has 0 unspecified atom stereocenters. The van der Waals surface area contributed by atoms with Crippen LogP contribution in [0.15, 0.2) is 102 Å². The third-order valence-corrected chi connectivity index (χ3v) is 8.92. The highest BCUT2D eigenvalue weighted by Crippen LogP contribution is 2.32. The lowest BCUT2D eigenvalue weighted by Gasteiger charge is -2.34. The summed E-state index contributed by atoms with van der Waals surface area (Å²) in [6.07, 6.45) is 0.